The van der Waals surface area contributed by atoms with Gasteiger partial charge >= 0.3 is 5.97 Å². The number of amides is 1. The SMILES string of the molecule is COC(=O)c1cc(C(C)C)sc1NC(=O)c1ccccc1Cl. The Kier molecular flexibility index (Phi) is 5.21. The molecule has 0 aliphatic carbocycles. The molecule has 0 saturated carbocycles. The van der Waals surface area contributed by atoms with E-state index in [0.717, 1.165) is 4.88 Å². The van der Waals surface area contributed by atoms with E-state index in [4.69, 9.17) is 16.3 Å². The lowest BCUT2D eigenvalue weighted by Crippen LogP contribution is -2.14. The Hall–Kier alpha value is -1.85. The lowest BCUT2D eigenvalue weighted by atomic mass is 10.1. The van der Waals surface area contributed by atoms with E-state index in [0.29, 0.717) is 21.2 Å². The standard InChI is InChI=1S/C16H16ClNO3S/c1-9(2)13-8-11(16(20)21-3)15(22-13)18-14(19)10-6-4-5-7-12(10)17/h4-9H,1-3H3,(H,18,19). The number of carbonyl (C=O) groups excluding carboxylic acids is 2. The maximum atomic E-state index is 12.3. The van der Waals surface area contributed by atoms with Crippen LogP contribution in [0.5, 0.6) is 0 Å². The molecule has 116 valence electrons. The molecule has 0 bridgehead atoms. The van der Waals surface area contributed by atoms with Crippen molar-refractivity contribution in [2.75, 3.05) is 12.4 Å². The Morgan fingerprint density at radius 2 is 1.91 bits per heavy atom. The fourth-order valence-electron chi connectivity index (χ4n) is 1.86. The molecule has 0 spiro atoms. The average molecular weight is 338 g/mol. The molecule has 0 radical (unpaired) electrons. The van der Waals surface area contributed by atoms with Gasteiger partial charge in [-0.15, -0.1) is 11.3 Å². The number of halogens is 1. The summed E-state index contributed by atoms with van der Waals surface area (Å²) in [7, 11) is 1.31. The van der Waals surface area contributed by atoms with Crippen LogP contribution in [0, 0.1) is 0 Å². The molecular formula is C16H16ClNO3S. The summed E-state index contributed by atoms with van der Waals surface area (Å²) in [5.74, 6) is -0.579. The average Bonchev–Trinajstić information content (AvgIpc) is 2.91. The van der Waals surface area contributed by atoms with Crippen LogP contribution in [-0.4, -0.2) is 19.0 Å². The van der Waals surface area contributed by atoms with E-state index in [1.54, 1.807) is 30.3 Å². The highest BCUT2D eigenvalue weighted by atomic mass is 35.5. The minimum absolute atomic E-state index is 0.249. The molecule has 0 unspecified atom stereocenters. The summed E-state index contributed by atoms with van der Waals surface area (Å²) in [6.45, 7) is 4.04. The molecule has 0 atom stereocenters. The number of ether oxygens (including phenoxy) is 1. The predicted molar refractivity (Wildman–Crippen MR) is 89.2 cm³/mol. The first kappa shape index (κ1) is 16.5. The van der Waals surface area contributed by atoms with E-state index in [1.807, 2.05) is 13.8 Å². The summed E-state index contributed by atoms with van der Waals surface area (Å²) in [4.78, 5) is 25.2. The van der Waals surface area contributed by atoms with Crippen molar-refractivity contribution in [3.8, 4) is 0 Å². The number of hydrogen-bond acceptors (Lipinski definition) is 4. The van der Waals surface area contributed by atoms with E-state index < -0.39 is 5.97 Å². The number of thiophene rings is 1. The molecule has 22 heavy (non-hydrogen) atoms. The lowest BCUT2D eigenvalue weighted by molar-refractivity contribution is 0.0602. The molecule has 1 aromatic carbocycles. The Morgan fingerprint density at radius 3 is 2.50 bits per heavy atom. The highest BCUT2D eigenvalue weighted by molar-refractivity contribution is 7.16. The smallest absolute Gasteiger partial charge is 0.340 e. The van der Waals surface area contributed by atoms with Gasteiger partial charge in [0.15, 0.2) is 0 Å². The number of hydrogen-bond donors (Lipinski definition) is 1. The van der Waals surface area contributed by atoms with Crippen LogP contribution >= 0.6 is 22.9 Å². The minimum atomic E-state index is -0.474. The normalized spacial score (nSPS) is 10.6. The minimum Gasteiger partial charge on any atom is -0.465 e. The maximum absolute atomic E-state index is 12.3. The summed E-state index contributed by atoms with van der Waals surface area (Å²) in [5.41, 5.74) is 0.719. The van der Waals surface area contributed by atoms with Crippen LogP contribution in [0.25, 0.3) is 0 Å². The molecular weight excluding hydrogens is 322 g/mol. The van der Waals surface area contributed by atoms with Gasteiger partial charge < -0.3 is 10.1 Å². The second kappa shape index (κ2) is 6.94. The molecule has 1 heterocycles. The van der Waals surface area contributed by atoms with Crippen LogP contribution in [0.1, 0.15) is 45.4 Å². The number of carbonyl (C=O) groups is 2. The van der Waals surface area contributed by atoms with Crippen LogP contribution in [-0.2, 0) is 4.74 Å². The number of esters is 1. The molecule has 6 heteroatoms. The van der Waals surface area contributed by atoms with Gasteiger partial charge in [0.05, 0.1) is 23.3 Å². The lowest BCUT2D eigenvalue weighted by Gasteiger charge is -2.06. The zero-order valence-corrected chi connectivity index (χ0v) is 14.0. The van der Waals surface area contributed by atoms with Gasteiger partial charge in [-0.25, -0.2) is 4.79 Å². The second-order valence-electron chi connectivity index (χ2n) is 4.97. The second-order valence-corrected chi connectivity index (χ2v) is 6.46. The van der Waals surface area contributed by atoms with Gasteiger partial charge in [0.2, 0.25) is 0 Å². The van der Waals surface area contributed by atoms with Crippen molar-refractivity contribution >= 4 is 39.8 Å². The van der Waals surface area contributed by atoms with E-state index in [1.165, 1.54) is 18.4 Å². The number of nitrogens with one attached hydrogen (secondary N) is 1. The Labute approximate surface area is 138 Å². The van der Waals surface area contributed by atoms with Gasteiger partial charge in [-0.2, -0.15) is 0 Å². The quantitative estimate of drug-likeness (QED) is 0.832. The van der Waals surface area contributed by atoms with Gasteiger partial charge in [0, 0.05) is 4.88 Å². The third-order valence-corrected chi connectivity index (χ3v) is 4.75. The third-order valence-electron chi connectivity index (χ3n) is 3.07. The van der Waals surface area contributed by atoms with Crippen LogP contribution in [0.2, 0.25) is 5.02 Å². The molecule has 1 N–H and O–H groups in total. The zero-order valence-electron chi connectivity index (χ0n) is 12.5. The van der Waals surface area contributed by atoms with Crippen LogP contribution in [0.3, 0.4) is 0 Å². The van der Waals surface area contributed by atoms with E-state index in [-0.39, 0.29) is 11.8 Å². The first-order chi connectivity index (χ1) is 10.4. The van der Waals surface area contributed by atoms with E-state index >= 15 is 0 Å². The van der Waals surface area contributed by atoms with Gasteiger partial charge in [0.1, 0.15) is 5.00 Å². The number of benzene rings is 1. The molecule has 4 nitrogen and oxygen atoms in total. The largest absolute Gasteiger partial charge is 0.465 e. The molecule has 1 amide bonds. The monoisotopic (exact) mass is 337 g/mol. The summed E-state index contributed by atoms with van der Waals surface area (Å²) in [6, 6.07) is 8.51. The van der Waals surface area contributed by atoms with E-state index in [2.05, 4.69) is 5.32 Å². The number of methoxy groups -OCH3 is 1. The topological polar surface area (TPSA) is 55.4 Å². The molecule has 0 aliphatic heterocycles. The third kappa shape index (κ3) is 3.48. The van der Waals surface area contributed by atoms with Gasteiger partial charge in [-0.1, -0.05) is 37.6 Å². The van der Waals surface area contributed by atoms with Crippen molar-refractivity contribution in [2.24, 2.45) is 0 Å². The molecule has 0 fully saturated rings. The Bertz CT molecular complexity index is 709. The molecule has 1 aromatic heterocycles. The summed E-state index contributed by atoms with van der Waals surface area (Å²) >= 11 is 7.39. The summed E-state index contributed by atoms with van der Waals surface area (Å²) in [5, 5.41) is 3.59. The highest BCUT2D eigenvalue weighted by Crippen LogP contribution is 2.34. The predicted octanol–water partition coefficient (Wildman–Crippen LogP) is 4.56. The number of anilines is 1. The summed E-state index contributed by atoms with van der Waals surface area (Å²) in [6.07, 6.45) is 0. The van der Waals surface area contributed by atoms with Gasteiger partial charge in [-0.05, 0) is 24.1 Å². The zero-order chi connectivity index (χ0) is 16.3. The fourth-order valence-corrected chi connectivity index (χ4v) is 3.13. The Morgan fingerprint density at radius 1 is 1.23 bits per heavy atom. The number of rotatable bonds is 4. The van der Waals surface area contributed by atoms with Crippen molar-refractivity contribution in [2.45, 2.75) is 19.8 Å². The first-order valence-electron chi connectivity index (χ1n) is 6.72. The van der Waals surface area contributed by atoms with Crippen molar-refractivity contribution in [1.82, 2.24) is 0 Å². The maximum Gasteiger partial charge on any atom is 0.340 e. The molecule has 2 rings (SSSR count). The van der Waals surface area contributed by atoms with Gasteiger partial charge in [0.25, 0.3) is 5.91 Å². The fraction of sp³-hybridized carbons (Fsp3) is 0.250. The van der Waals surface area contributed by atoms with Crippen LogP contribution < -0.4 is 5.32 Å². The van der Waals surface area contributed by atoms with Crippen LogP contribution in [0.15, 0.2) is 30.3 Å². The summed E-state index contributed by atoms with van der Waals surface area (Å²) < 4.78 is 4.77. The Balaban J connectivity index is 2.34. The van der Waals surface area contributed by atoms with Crippen LogP contribution in [0.4, 0.5) is 5.00 Å². The van der Waals surface area contributed by atoms with Crippen molar-refractivity contribution < 1.29 is 14.3 Å². The molecule has 0 aliphatic rings. The molecule has 2 aromatic rings. The van der Waals surface area contributed by atoms with Crippen molar-refractivity contribution in [3.05, 3.63) is 51.4 Å². The van der Waals surface area contributed by atoms with Gasteiger partial charge in [-0.3, -0.25) is 4.79 Å². The molecule has 0 saturated heterocycles. The van der Waals surface area contributed by atoms with Crippen molar-refractivity contribution in [3.63, 3.8) is 0 Å². The highest BCUT2D eigenvalue weighted by Gasteiger charge is 2.20. The first-order valence-corrected chi connectivity index (χ1v) is 7.91. The van der Waals surface area contributed by atoms with E-state index in [9.17, 15) is 9.59 Å². The van der Waals surface area contributed by atoms with Crippen molar-refractivity contribution in [1.29, 1.82) is 0 Å².